The molecule has 7 heteroatoms. The molecule has 2 aromatic rings. The summed E-state index contributed by atoms with van der Waals surface area (Å²) in [7, 11) is 0. The Bertz CT molecular complexity index is 564. The molecule has 0 amide bonds. The van der Waals surface area contributed by atoms with Crippen LogP contribution in [0.3, 0.4) is 0 Å². The van der Waals surface area contributed by atoms with Crippen molar-refractivity contribution in [3.63, 3.8) is 0 Å². The minimum Gasteiger partial charge on any atom is -0.479 e. The number of aromatic nitrogens is 2. The number of aliphatic carboxylic acids is 1. The molecule has 0 aliphatic carbocycles. The number of furan rings is 1. The first-order valence-electron chi connectivity index (χ1n) is 4.29. The van der Waals surface area contributed by atoms with Crippen LogP contribution >= 0.6 is 15.9 Å². The van der Waals surface area contributed by atoms with Gasteiger partial charge in [0.15, 0.2) is 5.82 Å². The molecule has 0 saturated carbocycles. The molecule has 84 valence electrons. The minimum absolute atomic E-state index is 0.214. The van der Waals surface area contributed by atoms with Crippen molar-refractivity contribution in [3.8, 4) is 0 Å². The largest absolute Gasteiger partial charge is 0.479 e. The Morgan fingerprint density at radius 3 is 2.94 bits per heavy atom. The second-order valence-corrected chi connectivity index (χ2v) is 4.23. The third-order valence-electron chi connectivity index (χ3n) is 2.14. The fraction of sp³-hybridized carbons (Fsp3) is 0.222. The second kappa shape index (κ2) is 3.53. The number of hydrogen-bond acceptors (Lipinski definition) is 5. The summed E-state index contributed by atoms with van der Waals surface area (Å²) < 4.78 is 5.73. The molecule has 16 heavy (non-hydrogen) atoms. The van der Waals surface area contributed by atoms with E-state index in [1.807, 2.05) is 0 Å². The maximum Gasteiger partial charge on any atom is 0.343 e. The van der Waals surface area contributed by atoms with Crippen LogP contribution in [0.25, 0.3) is 11.1 Å². The SMILES string of the molecule is CC(O)(C(=O)O)c1ncc2c(Br)coc2n1. The average Bonchev–Trinajstić information content (AvgIpc) is 2.60. The van der Waals surface area contributed by atoms with Crippen LogP contribution in [0, 0.1) is 0 Å². The normalized spacial score (nSPS) is 14.9. The Labute approximate surface area is 98.1 Å². The highest BCUT2D eigenvalue weighted by Crippen LogP contribution is 2.26. The maximum absolute atomic E-state index is 10.8. The fourth-order valence-corrected chi connectivity index (χ4v) is 1.49. The van der Waals surface area contributed by atoms with Crippen LogP contribution in [0.4, 0.5) is 0 Å². The Hall–Kier alpha value is -1.47. The van der Waals surface area contributed by atoms with E-state index in [-0.39, 0.29) is 11.5 Å². The number of hydrogen-bond donors (Lipinski definition) is 2. The van der Waals surface area contributed by atoms with Crippen LogP contribution < -0.4 is 0 Å². The summed E-state index contributed by atoms with van der Waals surface area (Å²) in [6, 6.07) is 0. The van der Waals surface area contributed by atoms with Gasteiger partial charge >= 0.3 is 5.97 Å². The smallest absolute Gasteiger partial charge is 0.343 e. The molecule has 2 heterocycles. The van der Waals surface area contributed by atoms with E-state index in [1.54, 1.807) is 0 Å². The molecule has 0 fully saturated rings. The second-order valence-electron chi connectivity index (χ2n) is 3.37. The van der Waals surface area contributed by atoms with Gasteiger partial charge in [-0.15, -0.1) is 0 Å². The van der Waals surface area contributed by atoms with E-state index >= 15 is 0 Å². The minimum atomic E-state index is -2.13. The van der Waals surface area contributed by atoms with Crippen LogP contribution in [-0.4, -0.2) is 26.2 Å². The summed E-state index contributed by atoms with van der Waals surface area (Å²) in [5, 5.41) is 19.1. The van der Waals surface area contributed by atoms with Crippen molar-refractivity contribution in [2.45, 2.75) is 12.5 Å². The van der Waals surface area contributed by atoms with Gasteiger partial charge in [-0.25, -0.2) is 9.78 Å². The molecule has 1 unspecified atom stereocenters. The highest BCUT2D eigenvalue weighted by Gasteiger charge is 2.36. The van der Waals surface area contributed by atoms with Gasteiger partial charge in [-0.3, -0.25) is 0 Å². The molecular formula is C9H7BrN2O4. The number of carboxylic acid groups (broad SMARTS) is 1. The highest BCUT2D eigenvalue weighted by atomic mass is 79.9. The predicted octanol–water partition coefficient (Wildman–Crippen LogP) is 1.28. The lowest BCUT2D eigenvalue weighted by atomic mass is 10.1. The number of nitrogens with zero attached hydrogens (tertiary/aromatic N) is 2. The maximum atomic E-state index is 10.8. The topological polar surface area (TPSA) is 96.5 Å². The molecule has 0 radical (unpaired) electrons. The molecule has 0 aliphatic heterocycles. The first-order chi connectivity index (χ1) is 7.43. The number of aliphatic hydroxyl groups is 1. The first kappa shape index (κ1) is 11.0. The molecule has 0 aromatic carbocycles. The van der Waals surface area contributed by atoms with E-state index in [0.29, 0.717) is 9.86 Å². The Kier molecular flexibility index (Phi) is 2.43. The molecule has 0 bridgehead atoms. The average molecular weight is 287 g/mol. The Balaban J connectivity index is 2.59. The lowest BCUT2D eigenvalue weighted by molar-refractivity contribution is -0.158. The zero-order valence-electron chi connectivity index (χ0n) is 8.14. The van der Waals surface area contributed by atoms with Crippen molar-refractivity contribution in [1.82, 2.24) is 9.97 Å². The molecule has 0 spiro atoms. The van der Waals surface area contributed by atoms with Crippen LogP contribution in [0.2, 0.25) is 0 Å². The summed E-state index contributed by atoms with van der Waals surface area (Å²) in [5.41, 5.74) is -1.91. The van der Waals surface area contributed by atoms with Crippen molar-refractivity contribution in [3.05, 3.63) is 22.8 Å². The van der Waals surface area contributed by atoms with Crippen LogP contribution in [0.1, 0.15) is 12.7 Å². The summed E-state index contributed by atoms with van der Waals surface area (Å²) in [6.45, 7) is 1.11. The zero-order valence-corrected chi connectivity index (χ0v) is 9.72. The van der Waals surface area contributed by atoms with E-state index in [0.717, 1.165) is 6.92 Å². The van der Waals surface area contributed by atoms with Gasteiger partial charge in [0.2, 0.25) is 11.3 Å². The van der Waals surface area contributed by atoms with E-state index in [1.165, 1.54) is 12.5 Å². The highest BCUT2D eigenvalue weighted by molar-refractivity contribution is 9.10. The van der Waals surface area contributed by atoms with E-state index in [2.05, 4.69) is 25.9 Å². The van der Waals surface area contributed by atoms with Gasteiger partial charge in [0.05, 0.1) is 9.86 Å². The lowest BCUT2D eigenvalue weighted by Crippen LogP contribution is -2.33. The lowest BCUT2D eigenvalue weighted by Gasteiger charge is -2.15. The van der Waals surface area contributed by atoms with Crippen molar-refractivity contribution < 1.29 is 19.4 Å². The summed E-state index contributed by atoms with van der Waals surface area (Å²) >= 11 is 3.22. The van der Waals surface area contributed by atoms with Crippen molar-refractivity contribution in [1.29, 1.82) is 0 Å². The predicted molar refractivity (Wildman–Crippen MR) is 56.7 cm³/mol. The van der Waals surface area contributed by atoms with Gasteiger partial charge in [-0.2, -0.15) is 4.98 Å². The van der Waals surface area contributed by atoms with E-state index in [9.17, 15) is 9.90 Å². The number of carbonyl (C=O) groups is 1. The van der Waals surface area contributed by atoms with E-state index < -0.39 is 11.6 Å². The van der Waals surface area contributed by atoms with Crippen LogP contribution in [0.5, 0.6) is 0 Å². The molecule has 2 rings (SSSR count). The molecule has 6 nitrogen and oxygen atoms in total. The van der Waals surface area contributed by atoms with Gasteiger partial charge in [-0.1, -0.05) is 0 Å². The van der Waals surface area contributed by atoms with Crippen LogP contribution in [0.15, 0.2) is 21.3 Å². The summed E-state index contributed by atoms with van der Waals surface area (Å²) in [4.78, 5) is 18.4. The fourth-order valence-electron chi connectivity index (χ4n) is 1.12. The van der Waals surface area contributed by atoms with Crippen molar-refractivity contribution in [2.75, 3.05) is 0 Å². The zero-order chi connectivity index (χ0) is 11.9. The van der Waals surface area contributed by atoms with E-state index in [4.69, 9.17) is 9.52 Å². The molecule has 0 saturated heterocycles. The monoisotopic (exact) mass is 286 g/mol. The van der Waals surface area contributed by atoms with Gasteiger partial charge in [0.1, 0.15) is 6.26 Å². The number of fused-ring (bicyclic) bond motifs is 1. The molecular weight excluding hydrogens is 280 g/mol. The molecule has 2 aromatic heterocycles. The first-order valence-corrected chi connectivity index (χ1v) is 5.08. The number of halogens is 1. The van der Waals surface area contributed by atoms with Gasteiger partial charge in [0, 0.05) is 6.20 Å². The molecule has 0 aliphatic rings. The standard InChI is InChI=1S/C9H7BrN2O4/c1-9(15,8(13)14)7-11-2-4-5(10)3-16-6(4)12-7/h2-3,15H,1H3,(H,13,14). The third kappa shape index (κ3) is 1.57. The summed E-state index contributed by atoms with van der Waals surface area (Å²) in [5.74, 6) is -1.63. The Morgan fingerprint density at radius 1 is 1.62 bits per heavy atom. The van der Waals surface area contributed by atoms with Gasteiger partial charge < -0.3 is 14.6 Å². The summed E-state index contributed by atoms with van der Waals surface area (Å²) in [6.07, 6.45) is 2.81. The third-order valence-corrected chi connectivity index (χ3v) is 2.75. The molecule has 1 atom stereocenters. The van der Waals surface area contributed by atoms with Crippen LogP contribution in [-0.2, 0) is 10.4 Å². The number of carboxylic acids is 1. The quantitative estimate of drug-likeness (QED) is 0.863. The van der Waals surface area contributed by atoms with Crippen molar-refractivity contribution in [2.24, 2.45) is 0 Å². The Morgan fingerprint density at radius 2 is 2.31 bits per heavy atom. The molecule has 2 N–H and O–H groups in total. The van der Waals surface area contributed by atoms with Gasteiger partial charge in [0.25, 0.3) is 0 Å². The van der Waals surface area contributed by atoms with Gasteiger partial charge in [-0.05, 0) is 22.9 Å². The van der Waals surface area contributed by atoms with Crippen molar-refractivity contribution >= 4 is 33.0 Å². The number of rotatable bonds is 2.